The molecule has 0 saturated heterocycles. The zero-order valence-corrected chi connectivity index (χ0v) is 10.6. The van der Waals surface area contributed by atoms with Gasteiger partial charge in [0.15, 0.2) is 11.6 Å². The van der Waals surface area contributed by atoms with E-state index < -0.39 is 11.6 Å². The second-order valence-electron chi connectivity index (χ2n) is 4.56. The molecule has 0 spiro atoms. The Balaban J connectivity index is 2.31. The molecule has 2 heteroatoms. The van der Waals surface area contributed by atoms with Gasteiger partial charge in [-0.3, -0.25) is 0 Å². The fourth-order valence-electron chi connectivity index (χ4n) is 1.92. The predicted molar refractivity (Wildman–Crippen MR) is 70.5 cm³/mol. The molecule has 0 bridgehead atoms. The Kier molecular flexibility index (Phi) is 3.75. The average molecular weight is 246 g/mol. The monoisotopic (exact) mass is 246 g/mol. The van der Waals surface area contributed by atoms with Crippen molar-refractivity contribution in [3.8, 4) is 11.1 Å². The predicted octanol–water partition coefficient (Wildman–Crippen LogP) is 5.15. The van der Waals surface area contributed by atoms with Gasteiger partial charge >= 0.3 is 0 Å². The summed E-state index contributed by atoms with van der Waals surface area (Å²) in [7, 11) is 0. The average Bonchev–Trinajstić information content (AvgIpc) is 2.41. The van der Waals surface area contributed by atoms with Crippen molar-refractivity contribution in [2.45, 2.75) is 26.2 Å². The van der Waals surface area contributed by atoms with Gasteiger partial charge in [0, 0.05) is 0 Å². The van der Waals surface area contributed by atoms with Gasteiger partial charge in [0.25, 0.3) is 0 Å². The van der Waals surface area contributed by atoms with E-state index in [2.05, 4.69) is 13.8 Å². The lowest BCUT2D eigenvalue weighted by atomic mass is 9.96. The van der Waals surface area contributed by atoms with Crippen molar-refractivity contribution in [3.63, 3.8) is 0 Å². The topological polar surface area (TPSA) is 0 Å². The van der Waals surface area contributed by atoms with Crippen LogP contribution in [0.4, 0.5) is 8.78 Å². The van der Waals surface area contributed by atoms with E-state index in [1.807, 2.05) is 24.3 Å². The molecule has 0 saturated carbocycles. The number of halogens is 2. The molecule has 0 heterocycles. The first-order valence-corrected chi connectivity index (χ1v) is 6.17. The van der Waals surface area contributed by atoms with E-state index >= 15 is 0 Å². The summed E-state index contributed by atoms with van der Waals surface area (Å²) in [5.74, 6) is -1.10. The molecule has 1 unspecified atom stereocenters. The van der Waals surface area contributed by atoms with Gasteiger partial charge in [0.05, 0.1) is 0 Å². The van der Waals surface area contributed by atoms with E-state index in [4.69, 9.17) is 0 Å². The SMILES string of the molecule is CCC(C)c1ccc(-c2ccc(F)c(F)c2)cc1. The van der Waals surface area contributed by atoms with Crippen LogP contribution < -0.4 is 0 Å². The fourth-order valence-corrected chi connectivity index (χ4v) is 1.92. The van der Waals surface area contributed by atoms with E-state index in [0.29, 0.717) is 11.5 Å². The van der Waals surface area contributed by atoms with Gasteiger partial charge in [0.2, 0.25) is 0 Å². The standard InChI is InChI=1S/C16H16F2/c1-3-11(2)12-4-6-13(7-5-12)14-8-9-15(17)16(18)10-14/h4-11H,3H2,1-2H3. The van der Waals surface area contributed by atoms with Crippen LogP contribution in [0.25, 0.3) is 11.1 Å². The molecular formula is C16H16F2. The molecule has 0 N–H and O–H groups in total. The first-order valence-electron chi connectivity index (χ1n) is 6.17. The smallest absolute Gasteiger partial charge is 0.159 e. The van der Waals surface area contributed by atoms with Crippen LogP contribution in [0.5, 0.6) is 0 Å². The molecular weight excluding hydrogens is 230 g/mol. The Hall–Kier alpha value is -1.70. The minimum Gasteiger partial charge on any atom is -0.204 e. The van der Waals surface area contributed by atoms with Gasteiger partial charge in [-0.05, 0) is 41.2 Å². The molecule has 2 aromatic carbocycles. The lowest BCUT2D eigenvalue weighted by Gasteiger charge is -2.10. The molecule has 0 nitrogen and oxygen atoms in total. The van der Waals surface area contributed by atoms with Crippen molar-refractivity contribution < 1.29 is 8.78 Å². The number of hydrogen-bond acceptors (Lipinski definition) is 0. The third kappa shape index (κ3) is 2.58. The summed E-state index contributed by atoms with van der Waals surface area (Å²) in [6, 6.07) is 12.0. The Morgan fingerprint density at radius 2 is 1.50 bits per heavy atom. The molecule has 0 aliphatic rings. The maximum absolute atomic E-state index is 13.2. The van der Waals surface area contributed by atoms with E-state index in [1.54, 1.807) is 6.07 Å². The lowest BCUT2D eigenvalue weighted by molar-refractivity contribution is 0.509. The van der Waals surface area contributed by atoms with Crippen molar-refractivity contribution in [3.05, 3.63) is 59.7 Å². The first kappa shape index (κ1) is 12.7. The quantitative estimate of drug-likeness (QED) is 0.703. The van der Waals surface area contributed by atoms with Gasteiger partial charge in [0.1, 0.15) is 0 Å². The van der Waals surface area contributed by atoms with Crippen molar-refractivity contribution in [2.75, 3.05) is 0 Å². The molecule has 0 fully saturated rings. The van der Waals surface area contributed by atoms with Crippen LogP contribution in [0.15, 0.2) is 42.5 Å². The number of rotatable bonds is 3. The van der Waals surface area contributed by atoms with Crippen molar-refractivity contribution in [1.29, 1.82) is 0 Å². The highest BCUT2D eigenvalue weighted by atomic mass is 19.2. The maximum Gasteiger partial charge on any atom is 0.159 e. The third-order valence-electron chi connectivity index (χ3n) is 3.35. The van der Waals surface area contributed by atoms with Gasteiger partial charge in [-0.15, -0.1) is 0 Å². The Bertz CT molecular complexity index is 529. The Morgan fingerprint density at radius 3 is 2.06 bits per heavy atom. The van der Waals surface area contributed by atoms with Crippen molar-refractivity contribution >= 4 is 0 Å². The Morgan fingerprint density at radius 1 is 0.889 bits per heavy atom. The van der Waals surface area contributed by atoms with Crippen LogP contribution in [-0.2, 0) is 0 Å². The number of hydrogen-bond donors (Lipinski definition) is 0. The van der Waals surface area contributed by atoms with Crippen LogP contribution in [0.3, 0.4) is 0 Å². The highest BCUT2D eigenvalue weighted by Gasteiger charge is 2.06. The molecule has 2 aromatic rings. The van der Waals surface area contributed by atoms with Crippen LogP contribution in [0, 0.1) is 11.6 Å². The zero-order valence-electron chi connectivity index (χ0n) is 10.6. The van der Waals surface area contributed by atoms with E-state index in [1.165, 1.54) is 11.6 Å². The summed E-state index contributed by atoms with van der Waals surface area (Å²) in [5.41, 5.74) is 2.87. The second kappa shape index (κ2) is 5.30. The van der Waals surface area contributed by atoms with Crippen LogP contribution in [0.1, 0.15) is 31.7 Å². The largest absolute Gasteiger partial charge is 0.204 e. The summed E-state index contributed by atoms with van der Waals surface area (Å²) in [5, 5.41) is 0. The molecule has 0 amide bonds. The van der Waals surface area contributed by atoms with Gasteiger partial charge in [-0.25, -0.2) is 8.78 Å². The molecule has 18 heavy (non-hydrogen) atoms. The first-order chi connectivity index (χ1) is 8.61. The second-order valence-corrected chi connectivity index (χ2v) is 4.56. The minimum absolute atomic E-state index is 0.518. The fraction of sp³-hybridized carbons (Fsp3) is 0.250. The summed E-state index contributed by atoms with van der Waals surface area (Å²) in [4.78, 5) is 0. The molecule has 0 aromatic heterocycles. The highest BCUT2D eigenvalue weighted by Crippen LogP contribution is 2.25. The highest BCUT2D eigenvalue weighted by molar-refractivity contribution is 5.63. The molecule has 0 aliphatic carbocycles. The van der Waals surface area contributed by atoms with Crippen LogP contribution >= 0.6 is 0 Å². The Labute approximate surface area is 106 Å². The van der Waals surface area contributed by atoms with Gasteiger partial charge in [-0.2, -0.15) is 0 Å². The van der Waals surface area contributed by atoms with E-state index in [-0.39, 0.29) is 0 Å². The molecule has 94 valence electrons. The van der Waals surface area contributed by atoms with E-state index in [9.17, 15) is 8.78 Å². The van der Waals surface area contributed by atoms with Crippen molar-refractivity contribution in [1.82, 2.24) is 0 Å². The zero-order chi connectivity index (χ0) is 13.1. The molecule has 2 rings (SSSR count). The van der Waals surface area contributed by atoms with Gasteiger partial charge in [-0.1, -0.05) is 44.2 Å². The van der Waals surface area contributed by atoms with Crippen LogP contribution in [-0.4, -0.2) is 0 Å². The van der Waals surface area contributed by atoms with E-state index in [0.717, 1.165) is 18.1 Å². The minimum atomic E-state index is -0.810. The number of benzene rings is 2. The van der Waals surface area contributed by atoms with Gasteiger partial charge < -0.3 is 0 Å². The van der Waals surface area contributed by atoms with Crippen LogP contribution in [0.2, 0.25) is 0 Å². The lowest BCUT2D eigenvalue weighted by Crippen LogP contribution is -1.91. The summed E-state index contributed by atoms with van der Waals surface area (Å²) >= 11 is 0. The summed E-state index contributed by atoms with van der Waals surface area (Å²) in [6.45, 7) is 4.32. The summed E-state index contributed by atoms with van der Waals surface area (Å²) in [6.07, 6.45) is 1.09. The normalized spacial score (nSPS) is 12.4. The summed E-state index contributed by atoms with van der Waals surface area (Å²) < 4.78 is 26.0. The molecule has 0 aliphatic heterocycles. The molecule has 0 radical (unpaired) electrons. The third-order valence-corrected chi connectivity index (χ3v) is 3.35. The maximum atomic E-state index is 13.2. The molecule has 1 atom stereocenters. The van der Waals surface area contributed by atoms with Crippen molar-refractivity contribution in [2.24, 2.45) is 0 Å².